The molecule has 0 aliphatic rings. The highest BCUT2D eigenvalue weighted by Crippen LogP contribution is 2.26. The van der Waals surface area contributed by atoms with Crippen molar-refractivity contribution >= 4 is 33.2 Å². The summed E-state index contributed by atoms with van der Waals surface area (Å²) in [5.41, 5.74) is 0. The Kier molecular flexibility index (Phi) is 6.04. The number of rotatable bonds is 6. The Morgan fingerprint density at radius 1 is 1.37 bits per heavy atom. The number of ether oxygens (including phenoxy) is 1. The Bertz CT molecular complexity index is 535. The van der Waals surface area contributed by atoms with Crippen molar-refractivity contribution in [3.05, 3.63) is 28.2 Å². The van der Waals surface area contributed by atoms with Crippen LogP contribution in [0.4, 0.5) is 0 Å². The van der Waals surface area contributed by atoms with E-state index in [1.54, 1.807) is 0 Å². The quantitative estimate of drug-likeness (QED) is 0.862. The van der Waals surface area contributed by atoms with Gasteiger partial charge in [0.15, 0.2) is 0 Å². The van der Waals surface area contributed by atoms with Crippen molar-refractivity contribution < 1.29 is 18.3 Å². The molecular formula is C11H15Cl2NO4S. The van der Waals surface area contributed by atoms with Gasteiger partial charge in [0.05, 0.1) is 27.7 Å². The first kappa shape index (κ1) is 16.7. The molecule has 0 saturated heterocycles. The van der Waals surface area contributed by atoms with E-state index in [2.05, 4.69) is 0 Å². The Morgan fingerprint density at radius 2 is 2.00 bits per heavy atom. The standard InChI is InChI=1S/C11H15Cl2NO4S/c1-14(6-8(15)7-18-2)19(16,17)9-3-4-10(12)11(13)5-9/h3-5,8,15H,6-7H2,1-2H3. The minimum Gasteiger partial charge on any atom is -0.389 e. The third-order valence-electron chi connectivity index (χ3n) is 2.43. The van der Waals surface area contributed by atoms with E-state index >= 15 is 0 Å². The predicted molar refractivity (Wildman–Crippen MR) is 74.2 cm³/mol. The van der Waals surface area contributed by atoms with Crippen molar-refractivity contribution in [1.29, 1.82) is 0 Å². The van der Waals surface area contributed by atoms with Crippen molar-refractivity contribution in [1.82, 2.24) is 4.31 Å². The molecule has 108 valence electrons. The van der Waals surface area contributed by atoms with Crippen molar-refractivity contribution in [2.24, 2.45) is 0 Å². The average molecular weight is 328 g/mol. The molecule has 0 radical (unpaired) electrons. The summed E-state index contributed by atoms with van der Waals surface area (Å²) >= 11 is 11.5. The summed E-state index contributed by atoms with van der Waals surface area (Å²) in [7, 11) is -0.918. The van der Waals surface area contributed by atoms with Crippen LogP contribution in [-0.2, 0) is 14.8 Å². The third-order valence-corrected chi connectivity index (χ3v) is 4.98. The minimum atomic E-state index is -3.72. The molecule has 0 spiro atoms. The molecule has 0 fully saturated rings. The summed E-state index contributed by atoms with van der Waals surface area (Å²) in [6.45, 7) is -0.0162. The Hall–Kier alpha value is -0.370. The lowest BCUT2D eigenvalue weighted by Crippen LogP contribution is -2.36. The third kappa shape index (κ3) is 4.30. The monoisotopic (exact) mass is 327 g/mol. The van der Waals surface area contributed by atoms with Crippen molar-refractivity contribution in [2.45, 2.75) is 11.0 Å². The molecule has 1 rings (SSSR count). The van der Waals surface area contributed by atoms with Crippen LogP contribution in [0.5, 0.6) is 0 Å². The largest absolute Gasteiger partial charge is 0.389 e. The number of hydrogen-bond donors (Lipinski definition) is 1. The van der Waals surface area contributed by atoms with Crippen LogP contribution in [0.1, 0.15) is 0 Å². The first-order valence-electron chi connectivity index (χ1n) is 5.37. The fraction of sp³-hybridized carbons (Fsp3) is 0.455. The number of nitrogens with zero attached hydrogens (tertiary/aromatic N) is 1. The zero-order chi connectivity index (χ0) is 14.6. The van der Waals surface area contributed by atoms with E-state index in [0.29, 0.717) is 0 Å². The second kappa shape index (κ2) is 6.88. The zero-order valence-electron chi connectivity index (χ0n) is 10.5. The molecule has 8 heteroatoms. The first-order valence-corrected chi connectivity index (χ1v) is 7.57. The molecule has 0 amide bonds. The van der Waals surface area contributed by atoms with E-state index in [4.69, 9.17) is 27.9 Å². The van der Waals surface area contributed by atoms with Gasteiger partial charge in [0, 0.05) is 20.7 Å². The van der Waals surface area contributed by atoms with Crippen LogP contribution in [0.15, 0.2) is 23.1 Å². The fourth-order valence-electron chi connectivity index (χ4n) is 1.46. The lowest BCUT2D eigenvalue weighted by atomic mass is 10.4. The maximum atomic E-state index is 12.2. The molecule has 0 bridgehead atoms. The van der Waals surface area contributed by atoms with Gasteiger partial charge in [-0.05, 0) is 18.2 Å². The van der Waals surface area contributed by atoms with Crippen molar-refractivity contribution in [3.8, 4) is 0 Å². The van der Waals surface area contributed by atoms with Crippen LogP contribution >= 0.6 is 23.2 Å². The number of hydrogen-bond acceptors (Lipinski definition) is 4. The molecule has 0 aliphatic heterocycles. The molecule has 1 aromatic carbocycles. The van der Waals surface area contributed by atoms with Crippen LogP contribution in [0, 0.1) is 0 Å². The lowest BCUT2D eigenvalue weighted by molar-refractivity contribution is 0.0554. The first-order chi connectivity index (χ1) is 8.78. The number of likely N-dealkylation sites (N-methyl/N-ethyl adjacent to an activating group) is 1. The molecule has 1 atom stereocenters. The number of halogens is 2. The van der Waals surface area contributed by atoms with Gasteiger partial charge >= 0.3 is 0 Å². The summed E-state index contributed by atoms with van der Waals surface area (Å²) in [6.07, 6.45) is -0.896. The second-order valence-electron chi connectivity index (χ2n) is 3.97. The van der Waals surface area contributed by atoms with Crippen LogP contribution in [-0.4, -0.2) is 51.2 Å². The Morgan fingerprint density at radius 3 is 2.53 bits per heavy atom. The van der Waals surface area contributed by atoms with Gasteiger partial charge in [-0.25, -0.2) is 8.42 Å². The summed E-state index contributed by atoms with van der Waals surface area (Å²) in [5, 5.41) is 9.99. The number of methoxy groups -OCH3 is 1. The maximum Gasteiger partial charge on any atom is 0.242 e. The van der Waals surface area contributed by atoms with Crippen LogP contribution in [0.3, 0.4) is 0 Å². The van der Waals surface area contributed by atoms with E-state index in [9.17, 15) is 13.5 Å². The topological polar surface area (TPSA) is 66.8 Å². The van der Waals surface area contributed by atoms with Crippen molar-refractivity contribution in [3.63, 3.8) is 0 Å². The SMILES string of the molecule is COCC(O)CN(C)S(=O)(=O)c1ccc(Cl)c(Cl)c1. The predicted octanol–water partition coefficient (Wildman–Crippen LogP) is 1.62. The van der Waals surface area contributed by atoms with Gasteiger partial charge in [-0.15, -0.1) is 0 Å². The average Bonchev–Trinajstić information content (AvgIpc) is 2.32. The summed E-state index contributed by atoms with van der Waals surface area (Å²) < 4.78 is 30.2. The number of aliphatic hydroxyl groups is 1. The molecule has 0 aromatic heterocycles. The highest BCUT2D eigenvalue weighted by molar-refractivity contribution is 7.89. The molecule has 5 nitrogen and oxygen atoms in total. The molecule has 0 saturated carbocycles. The molecule has 1 aromatic rings. The number of sulfonamides is 1. The van der Waals surface area contributed by atoms with Gasteiger partial charge in [0.1, 0.15) is 0 Å². The van der Waals surface area contributed by atoms with Gasteiger partial charge in [-0.2, -0.15) is 4.31 Å². The molecular weight excluding hydrogens is 313 g/mol. The second-order valence-corrected chi connectivity index (χ2v) is 6.83. The van der Waals surface area contributed by atoms with E-state index in [1.165, 1.54) is 32.4 Å². The fourth-order valence-corrected chi connectivity index (χ4v) is 3.06. The van der Waals surface area contributed by atoms with Crippen LogP contribution < -0.4 is 0 Å². The Labute approximate surface area is 122 Å². The zero-order valence-corrected chi connectivity index (χ0v) is 12.8. The van der Waals surface area contributed by atoms with Gasteiger partial charge in [-0.3, -0.25) is 0 Å². The summed E-state index contributed by atoms with van der Waals surface area (Å²) in [6, 6.07) is 4.05. The van der Waals surface area contributed by atoms with E-state index < -0.39 is 16.1 Å². The van der Waals surface area contributed by atoms with Crippen LogP contribution in [0.2, 0.25) is 10.0 Å². The van der Waals surface area contributed by atoms with Gasteiger partial charge in [0.2, 0.25) is 10.0 Å². The Balaban J connectivity index is 2.93. The van der Waals surface area contributed by atoms with Gasteiger partial charge in [0.25, 0.3) is 0 Å². The highest BCUT2D eigenvalue weighted by atomic mass is 35.5. The highest BCUT2D eigenvalue weighted by Gasteiger charge is 2.23. The molecule has 0 heterocycles. The summed E-state index contributed by atoms with van der Waals surface area (Å²) in [4.78, 5) is 0.0222. The van der Waals surface area contributed by atoms with Gasteiger partial charge in [-0.1, -0.05) is 23.2 Å². The summed E-state index contributed by atoms with van der Waals surface area (Å²) in [5.74, 6) is 0. The molecule has 0 aliphatic carbocycles. The van der Waals surface area contributed by atoms with Crippen molar-refractivity contribution in [2.75, 3.05) is 27.3 Å². The molecule has 1 unspecified atom stereocenters. The van der Waals surface area contributed by atoms with E-state index in [0.717, 1.165) is 4.31 Å². The molecule has 19 heavy (non-hydrogen) atoms. The number of benzene rings is 1. The lowest BCUT2D eigenvalue weighted by Gasteiger charge is -2.20. The van der Waals surface area contributed by atoms with E-state index in [-0.39, 0.29) is 28.1 Å². The molecule has 1 N–H and O–H groups in total. The van der Waals surface area contributed by atoms with Crippen LogP contribution in [0.25, 0.3) is 0 Å². The minimum absolute atomic E-state index is 0.0222. The maximum absolute atomic E-state index is 12.2. The van der Waals surface area contributed by atoms with E-state index in [1.807, 2.05) is 0 Å². The number of aliphatic hydroxyl groups excluding tert-OH is 1. The van der Waals surface area contributed by atoms with Gasteiger partial charge < -0.3 is 9.84 Å². The normalized spacial score (nSPS) is 13.8. The smallest absolute Gasteiger partial charge is 0.242 e.